The van der Waals surface area contributed by atoms with Crippen molar-refractivity contribution in [3.05, 3.63) is 70.4 Å². The molecule has 4 rings (SSSR count). The number of aliphatic hydroxyl groups is 1. The number of benzene rings is 2. The maximum atomic E-state index is 10.4. The van der Waals surface area contributed by atoms with E-state index >= 15 is 0 Å². The van der Waals surface area contributed by atoms with Gasteiger partial charge in [0.05, 0.1) is 6.10 Å². The maximum Gasteiger partial charge on any atom is 0.414 e. The predicted molar refractivity (Wildman–Crippen MR) is 114 cm³/mol. The maximum absolute atomic E-state index is 10.4. The number of carboxylic acids is 2. The van der Waals surface area contributed by atoms with Crippen LogP contribution in [0.5, 0.6) is 0 Å². The fourth-order valence-electron chi connectivity index (χ4n) is 3.65. The average molecular weight is 431 g/mol. The van der Waals surface area contributed by atoms with E-state index in [9.17, 15) is 5.11 Å². The Hall–Kier alpha value is -2.87. The first kappa shape index (κ1) is 21.8. The van der Waals surface area contributed by atoms with Gasteiger partial charge in [0.25, 0.3) is 0 Å². The van der Waals surface area contributed by atoms with Crippen molar-refractivity contribution in [2.75, 3.05) is 6.54 Å². The normalized spacial score (nSPS) is 16.3. The third kappa shape index (κ3) is 5.38. The number of carboxylic acid groups (broad SMARTS) is 2. The summed E-state index contributed by atoms with van der Waals surface area (Å²) < 4.78 is 0. The third-order valence-corrected chi connectivity index (χ3v) is 5.35. The highest BCUT2D eigenvalue weighted by molar-refractivity contribution is 6.30. The van der Waals surface area contributed by atoms with E-state index in [1.54, 1.807) is 0 Å². The van der Waals surface area contributed by atoms with Crippen LogP contribution in [-0.4, -0.2) is 44.8 Å². The number of fused-ring (bicyclic) bond motifs is 3. The highest BCUT2D eigenvalue weighted by Gasteiger charge is 2.22. The second kappa shape index (κ2) is 9.75. The van der Waals surface area contributed by atoms with Gasteiger partial charge in [-0.1, -0.05) is 41.9 Å². The molecule has 2 aromatic carbocycles. The number of aromatic nitrogens is 1. The smallest absolute Gasteiger partial charge is 0.414 e. The Morgan fingerprint density at radius 3 is 2.57 bits per heavy atom. The first-order chi connectivity index (χ1) is 14.3. The van der Waals surface area contributed by atoms with Gasteiger partial charge in [0.1, 0.15) is 0 Å². The molecule has 1 aliphatic rings. The molecule has 8 heteroatoms. The molecule has 1 heterocycles. The molecule has 0 fully saturated rings. The third-order valence-electron chi connectivity index (χ3n) is 5.11. The van der Waals surface area contributed by atoms with Gasteiger partial charge in [0, 0.05) is 34.2 Å². The standard InChI is InChI=1S/C20H21ClN2O.C2H2O4/c21-14-5-3-4-13(10-14)20(24)12-22-15-8-9-19-17(11-15)16-6-1-2-7-18(16)23-19;3-1(4)2(5)6/h1-7,10,15,20,22-24H,8-9,11-12H2;(H,3,4)(H,5,6). The predicted octanol–water partition coefficient (Wildman–Crippen LogP) is 3.16. The molecule has 0 radical (unpaired) electrons. The first-order valence-electron chi connectivity index (χ1n) is 9.56. The van der Waals surface area contributed by atoms with Crippen molar-refractivity contribution in [1.82, 2.24) is 10.3 Å². The summed E-state index contributed by atoms with van der Waals surface area (Å²) in [6.07, 6.45) is 2.60. The van der Waals surface area contributed by atoms with Crippen LogP contribution in [-0.2, 0) is 22.4 Å². The van der Waals surface area contributed by atoms with Crippen LogP contribution in [0.2, 0.25) is 5.02 Å². The number of aryl methyl sites for hydroxylation is 1. The van der Waals surface area contributed by atoms with Gasteiger partial charge in [-0.2, -0.15) is 0 Å². The lowest BCUT2D eigenvalue weighted by molar-refractivity contribution is -0.159. The molecule has 2 atom stereocenters. The molecule has 0 saturated heterocycles. The zero-order chi connectivity index (χ0) is 21.7. The zero-order valence-electron chi connectivity index (χ0n) is 16.1. The number of carbonyl (C=O) groups is 2. The quantitative estimate of drug-likeness (QED) is 0.405. The summed E-state index contributed by atoms with van der Waals surface area (Å²) in [6, 6.07) is 16.3. The Morgan fingerprint density at radius 2 is 1.87 bits per heavy atom. The first-order valence-corrected chi connectivity index (χ1v) is 9.94. The van der Waals surface area contributed by atoms with E-state index in [-0.39, 0.29) is 0 Å². The van der Waals surface area contributed by atoms with Crippen LogP contribution in [0.1, 0.15) is 29.3 Å². The van der Waals surface area contributed by atoms with E-state index < -0.39 is 18.0 Å². The average Bonchev–Trinajstić information content (AvgIpc) is 3.10. The molecule has 1 aromatic heterocycles. The van der Waals surface area contributed by atoms with Crippen LogP contribution >= 0.6 is 11.6 Å². The topological polar surface area (TPSA) is 123 Å². The number of aliphatic hydroxyl groups excluding tert-OH is 1. The Morgan fingerprint density at radius 1 is 1.13 bits per heavy atom. The number of hydrogen-bond acceptors (Lipinski definition) is 4. The van der Waals surface area contributed by atoms with Crippen LogP contribution in [0, 0.1) is 0 Å². The molecule has 5 N–H and O–H groups in total. The van der Waals surface area contributed by atoms with Gasteiger partial charge >= 0.3 is 11.9 Å². The minimum atomic E-state index is -1.82. The van der Waals surface area contributed by atoms with Crippen LogP contribution in [0.4, 0.5) is 0 Å². The lowest BCUT2D eigenvalue weighted by atomic mass is 9.91. The number of H-pyrrole nitrogens is 1. The molecule has 2 unspecified atom stereocenters. The van der Waals surface area contributed by atoms with Crippen LogP contribution in [0.25, 0.3) is 10.9 Å². The summed E-state index contributed by atoms with van der Waals surface area (Å²) >= 11 is 6.00. The lowest BCUT2D eigenvalue weighted by Crippen LogP contribution is -2.37. The molecule has 0 spiro atoms. The zero-order valence-corrected chi connectivity index (χ0v) is 16.9. The summed E-state index contributed by atoms with van der Waals surface area (Å²) in [5, 5.41) is 30.7. The number of rotatable bonds is 4. The number of para-hydroxylation sites is 1. The van der Waals surface area contributed by atoms with E-state index in [1.807, 2.05) is 24.3 Å². The fraction of sp³-hybridized carbons (Fsp3) is 0.273. The Labute approximate surface area is 178 Å². The Balaban J connectivity index is 0.000000377. The molecule has 3 aromatic rings. The largest absolute Gasteiger partial charge is 0.473 e. The van der Waals surface area contributed by atoms with Gasteiger partial charge < -0.3 is 25.6 Å². The minimum absolute atomic E-state index is 0.394. The van der Waals surface area contributed by atoms with Gasteiger partial charge in [0.2, 0.25) is 0 Å². The van der Waals surface area contributed by atoms with Gasteiger partial charge in [-0.25, -0.2) is 9.59 Å². The lowest BCUT2D eigenvalue weighted by Gasteiger charge is -2.25. The molecule has 30 heavy (non-hydrogen) atoms. The fourth-order valence-corrected chi connectivity index (χ4v) is 3.85. The molecule has 7 nitrogen and oxygen atoms in total. The Kier molecular flexibility index (Phi) is 7.10. The summed E-state index contributed by atoms with van der Waals surface area (Å²) in [4.78, 5) is 21.7. The van der Waals surface area contributed by atoms with Crippen molar-refractivity contribution in [2.24, 2.45) is 0 Å². The number of nitrogens with one attached hydrogen (secondary N) is 2. The van der Waals surface area contributed by atoms with E-state index in [1.165, 1.54) is 22.2 Å². The van der Waals surface area contributed by atoms with Gasteiger partial charge in [-0.15, -0.1) is 0 Å². The van der Waals surface area contributed by atoms with E-state index in [4.69, 9.17) is 31.4 Å². The Bertz CT molecular complexity index is 1040. The van der Waals surface area contributed by atoms with Gasteiger partial charge in [-0.05, 0) is 48.6 Å². The summed E-state index contributed by atoms with van der Waals surface area (Å²) in [6.45, 7) is 0.544. The molecule has 0 aliphatic heterocycles. The van der Waals surface area contributed by atoms with Crippen LogP contribution in [0.15, 0.2) is 48.5 Å². The molecule has 0 saturated carbocycles. The van der Waals surface area contributed by atoms with Crippen molar-refractivity contribution < 1.29 is 24.9 Å². The molecule has 0 amide bonds. The molecule has 1 aliphatic carbocycles. The van der Waals surface area contributed by atoms with Crippen molar-refractivity contribution in [3.8, 4) is 0 Å². The monoisotopic (exact) mass is 430 g/mol. The summed E-state index contributed by atoms with van der Waals surface area (Å²) in [5.41, 5.74) is 4.87. The van der Waals surface area contributed by atoms with E-state index in [0.717, 1.165) is 24.8 Å². The van der Waals surface area contributed by atoms with Crippen LogP contribution in [0.3, 0.4) is 0 Å². The molecule has 0 bridgehead atoms. The summed E-state index contributed by atoms with van der Waals surface area (Å²) in [7, 11) is 0. The van der Waals surface area contributed by atoms with Gasteiger partial charge in [-0.3, -0.25) is 0 Å². The van der Waals surface area contributed by atoms with E-state index in [2.05, 4.69) is 34.6 Å². The number of hydrogen-bond donors (Lipinski definition) is 5. The van der Waals surface area contributed by atoms with Crippen molar-refractivity contribution >= 4 is 34.4 Å². The van der Waals surface area contributed by atoms with Crippen LogP contribution < -0.4 is 5.32 Å². The van der Waals surface area contributed by atoms with Crippen molar-refractivity contribution in [3.63, 3.8) is 0 Å². The second-order valence-corrected chi connectivity index (χ2v) is 7.59. The van der Waals surface area contributed by atoms with Crippen molar-refractivity contribution in [1.29, 1.82) is 0 Å². The highest BCUT2D eigenvalue weighted by atomic mass is 35.5. The van der Waals surface area contributed by atoms with Gasteiger partial charge in [0.15, 0.2) is 0 Å². The SMILES string of the molecule is O=C(O)C(=O)O.OC(CNC1CCc2[nH]c3ccccc3c2C1)c1cccc(Cl)c1. The number of halogens is 1. The summed E-state index contributed by atoms with van der Waals surface area (Å²) in [5.74, 6) is -3.65. The number of aliphatic carboxylic acids is 2. The van der Waals surface area contributed by atoms with Crippen molar-refractivity contribution in [2.45, 2.75) is 31.4 Å². The highest BCUT2D eigenvalue weighted by Crippen LogP contribution is 2.29. The minimum Gasteiger partial charge on any atom is -0.473 e. The molecular weight excluding hydrogens is 408 g/mol. The van der Waals surface area contributed by atoms with E-state index in [0.29, 0.717) is 17.6 Å². The molecule has 158 valence electrons. The molecular formula is C22H23ClN2O5. The number of aromatic amines is 1. The second-order valence-electron chi connectivity index (χ2n) is 7.16.